The molecule has 0 aliphatic carbocycles. The van der Waals surface area contributed by atoms with E-state index in [9.17, 15) is 0 Å². The SMILES string of the molecule is NCCCCCOCCc1ccccn1. The van der Waals surface area contributed by atoms with Crippen molar-refractivity contribution in [2.45, 2.75) is 25.7 Å². The van der Waals surface area contributed by atoms with Crippen LogP contribution < -0.4 is 5.73 Å². The molecule has 3 heteroatoms. The number of aromatic nitrogens is 1. The summed E-state index contributed by atoms with van der Waals surface area (Å²) in [5.41, 5.74) is 6.49. The van der Waals surface area contributed by atoms with Gasteiger partial charge in [0.05, 0.1) is 6.61 Å². The Labute approximate surface area is 91.7 Å². The maximum Gasteiger partial charge on any atom is 0.0521 e. The molecule has 0 aromatic carbocycles. The molecule has 2 N–H and O–H groups in total. The third-order valence-corrected chi connectivity index (χ3v) is 2.22. The lowest BCUT2D eigenvalue weighted by atomic mass is 10.2. The van der Waals surface area contributed by atoms with Crippen molar-refractivity contribution in [1.29, 1.82) is 0 Å². The third-order valence-electron chi connectivity index (χ3n) is 2.22. The quantitative estimate of drug-likeness (QED) is 0.662. The van der Waals surface area contributed by atoms with Crippen LogP contribution in [0.5, 0.6) is 0 Å². The number of hydrogen-bond acceptors (Lipinski definition) is 3. The van der Waals surface area contributed by atoms with E-state index in [4.69, 9.17) is 10.5 Å². The Morgan fingerprint density at radius 3 is 2.80 bits per heavy atom. The lowest BCUT2D eigenvalue weighted by molar-refractivity contribution is 0.132. The zero-order valence-electron chi connectivity index (χ0n) is 9.19. The van der Waals surface area contributed by atoms with Crippen LogP contribution in [-0.4, -0.2) is 24.7 Å². The first kappa shape index (κ1) is 12.1. The summed E-state index contributed by atoms with van der Waals surface area (Å²) >= 11 is 0. The lowest BCUT2D eigenvalue weighted by Gasteiger charge is -2.03. The maximum atomic E-state index is 5.50. The van der Waals surface area contributed by atoms with Gasteiger partial charge in [-0.2, -0.15) is 0 Å². The van der Waals surface area contributed by atoms with Crippen LogP contribution in [0, 0.1) is 0 Å². The van der Waals surface area contributed by atoms with Crippen molar-refractivity contribution in [1.82, 2.24) is 4.98 Å². The van der Waals surface area contributed by atoms with Crippen LogP contribution in [0.25, 0.3) is 0 Å². The van der Waals surface area contributed by atoms with Crippen molar-refractivity contribution in [2.24, 2.45) is 5.73 Å². The van der Waals surface area contributed by atoms with Gasteiger partial charge in [-0.3, -0.25) is 4.98 Å². The summed E-state index contributed by atoms with van der Waals surface area (Å²) in [6, 6.07) is 5.96. The van der Waals surface area contributed by atoms with Gasteiger partial charge in [0.2, 0.25) is 0 Å². The first-order valence-electron chi connectivity index (χ1n) is 5.61. The molecule has 1 aromatic heterocycles. The molecule has 0 amide bonds. The van der Waals surface area contributed by atoms with E-state index in [1.165, 1.54) is 6.42 Å². The fourth-order valence-electron chi connectivity index (χ4n) is 1.35. The molecular formula is C12H20N2O. The van der Waals surface area contributed by atoms with E-state index in [2.05, 4.69) is 4.98 Å². The van der Waals surface area contributed by atoms with Gasteiger partial charge in [0.25, 0.3) is 0 Å². The topological polar surface area (TPSA) is 48.1 Å². The second-order valence-electron chi connectivity index (χ2n) is 3.53. The van der Waals surface area contributed by atoms with Crippen LogP contribution in [0.3, 0.4) is 0 Å². The van der Waals surface area contributed by atoms with Crippen LogP contribution >= 0.6 is 0 Å². The summed E-state index contributed by atoms with van der Waals surface area (Å²) in [6.45, 7) is 2.39. The maximum absolute atomic E-state index is 5.50. The Morgan fingerprint density at radius 1 is 1.13 bits per heavy atom. The first-order valence-corrected chi connectivity index (χ1v) is 5.61. The number of nitrogens with two attached hydrogens (primary N) is 1. The fourth-order valence-corrected chi connectivity index (χ4v) is 1.35. The highest BCUT2D eigenvalue weighted by Crippen LogP contribution is 1.97. The molecule has 0 atom stereocenters. The highest BCUT2D eigenvalue weighted by Gasteiger charge is 1.93. The van der Waals surface area contributed by atoms with Gasteiger partial charge in [-0.25, -0.2) is 0 Å². The van der Waals surface area contributed by atoms with E-state index in [0.29, 0.717) is 0 Å². The van der Waals surface area contributed by atoms with Gasteiger partial charge in [-0.1, -0.05) is 6.07 Å². The van der Waals surface area contributed by atoms with Gasteiger partial charge in [-0.15, -0.1) is 0 Å². The van der Waals surface area contributed by atoms with Crippen molar-refractivity contribution < 1.29 is 4.74 Å². The number of nitrogens with zero attached hydrogens (tertiary/aromatic N) is 1. The molecule has 0 aliphatic rings. The smallest absolute Gasteiger partial charge is 0.0521 e. The van der Waals surface area contributed by atoms with Gasteiger partial charge in [0.1, 0.15) is 0 Å². The van der Waals surface area contributed by atoms with E-state index >= 15 is 0 Å². The predicted molar refractivity (Wildman–Crippen MR) is 61.7 cm³/mol. The van der Waals surface area contributed by atoms with Crippen LogP contribution in [0.2, 0.25) is 0 Å². The van der Waals surface area contributed by atoms with Crippen LogP contribution in [0.1, 0.15) is 25.0 Å². The zero-order valence-corrected chi connectivity index (χ0v) is 9.19. The van der Waals surface area contributed by atoms with Crippen LogP contribution in [0.15, 0.2) is 24.4 Å². The molecule has 0 saturated heterocycles. The van der Waals surface area contributed by atoms with E-state index in [-0.39, 0.29) is 0 Å². The minimum atomic E-state index is 0.764. The molecule has 1 aromatic rings. The number of pyridine rings is 1. The normalized spacial score (nSPS) is 10.5. The number of rotatable bonds is 8. The van der Waals surface area contributed by atoms with Gasteiger partial charge >= 0.3 is 0 Å². The molecule has 0 radical (unpaired) electrons. The van der Waals surface area contributed by atoms with Gasteiger partial charge < -0.3 is 10.5 Å². The van der Waals surface area contributed by atoms with E-state index in [1.807, 2.05) is 24.4 Å². The molecular weight excluding hydrogens is 188 g/mol. The Balaban J connectivity index is 1.93. The molecule has 0 aliphatic heterocycles. The Bertz CT molecular complexity index is 239. The minimum Gasteiger partial charge on any atom is -0.381 e. The molecule has 84 valence electrons. The summed E-state index contributed by atoms with van der Waals surface area (Å²) in [7, 11) is 0. The van der Waals surface area contributed by atoms with Crippen molar-refractivity contribution in [3.8, 4) is 0 Å². The molecule has 15 heavy (non-hydrogen) atoms. The lowest BCUT2D eigenvalue weighted by Crippen LogP contribution is -2.03. The second-order valence-corrected chi connectivity index (χ2v) is 3.53. The molecule has 3 nitrogen and oxygen atoms in total. The summed E-state index contributed by atoms with van der Waals surface area (Å²) < 4.78 is 5.50. The number of ether oxygens (including phenoxy) is 1. The molecule has 0 unspecified atom stereocenters. The zero-order chi connectivity index (χ0) is 10.8. The van der Waals surface area contributed by atoms with Crippen LogP contribution in [-0.2, 0) is 11.2 Å². The van der Waals surface area contributed by atoms with Gasteiger partial charge in [0, 0.05) is 24.9 Å². The van der Waals surface area contributed by atoms with Crippen molar-refractivity contribution >= 4 is 0 Å². The predicted octanol–water partition coefficient (Wildman–Crippen LogP) is 1.77. The Morgan fingerprint density at radius 2 is 2.07 bits per heavy atom. The first-order chi connectivity index (χ1) is 7.43. The second kappa shape index (κ2) is 8.38. The average Bonchev–Trinajstić information content (AvgIpc) is 2.29. The summed E-state index contributed by atoms with van der Waals surface area (Å²) in [5.74, 6) is 0. The Kier molecular flexibility index (Phi) is 6.79. The number of unbranched alkanes of at least 4 members (excludes halogenated alkanes) is 2. The summed E-state index contributed by atoms with van der Waals surface area (Å²) in [5, 5.41) is 0. The highest BCUT2D eigenvalue weighted by atomic mass is 16.5. The van der Waals surface area contributed by atoms with Crippen molar-refractivity contribution in [3.05, 3.63) is 30.1 Å². The van der Waals surface area contributed by atoms with E-state index in [0.717, 1.165) is 44.7 Å². The average molecular weight is 208 g/mol. The Hall–Kier alpha value is -0.930. The standard InChI is InChI=1S/C12H20N2O/c13-8-3-1-5-10-15-11-7-12-6-2-4-9-14-12/h2,4,6,9H,1,3,5,7-8,10-11,13H2. The molecule has 0 saturated carbocycles. The number of hydrogen-bond donors (Lipinski definition) is 1. The van der Waals surface area contributed by atoms with E-state index in [1.54, 1.807) is 0 Å². The van der Waals surface area contributed by atoms with Crippen molar-refractivity contribution in [3.63, 3.8) is 0 Å². The van der Waals surface area contributed by atoms with E-state index < -0.39 is 0 Å². The van der Waals surface area contributed by atoms with Gasteiger partial charge in [0.15, 0.2) is 0 Å². The molecule has 1 rings (SSSR count). The third kappa shape index (κ3) is 6.20. The molecule has 1 heterocycles. The minimum absolute atomic E-state index is 0.764. The summed E-state index contributed by atoms with van der Waals surface area (Å²) in [6.07, 6.45) is 6.09. The fraction of sp³-hybridized carbons (Fsp3) is 0.583. The summed E-state index contributed by atoms with van der Waals surface area (Å²) in [4.78, 5) is 4.23. The molecule has 0 spiro atoms. The molecule has 0 bridgehead atoms. The monoisotopic (exact) mass is 208 g/mol. The van der Waals surface area contributed by atoms with Crippen molar-refractivity contribution in [2.75, 3.05) is 19.8 Å². The molecule has 0 fully saturated rings. The largest absolute Gasteiger partial charge is 0.381 e. The van der Waals surface area contributed by atoms with Gasteiger partial charge in [-0.05, 0) is 37.9 Å². The highest BCUT2D eigenvalue weighted by molar-refractivity contribution is 5.03. The van der Waals surface area contributed by atoms with Crippen LogP contribution in [0.4, 0.5) is 0 Å².